The zero-order valence-corrected chi connectivity index (χ0v) is 10.9. The topological polar surface area (TPSA) is 42.4 Å². The molecule has 5 heteroatoms. The Morgan fingerprint density at radius 3 is 2.88 bits per heavy atom. The molecule has 0 aromatic carbocycles. The van der Waals surface area contributed by atoms with Crippen LogP contribution in [0.4, 0.5) is 0 Å². The summed E-state index contributed by atoms with van der Waals surface area (Å²) in [5.74, 6) is -0.209. The number of carbonyl (C=O) groups is 1. The minimum absolute atomic E-state index is 0.209. The molecule has 0 radical (unpaired) electrons. The van der Waals surface area contributed by atoms with Gasteiger partial charge in [-0.1, -0.05) is 18.5 Å². The average Bonchev–Trinajstić information content (AvgIpc) is 2.31. The lowest BCUT2D eigenvalue weighted by molar-refractivity contribution is -0.144. The Kier molecular flexibility index (Phi) is 5.94. The van der Waals surface area contributed by atoms with Crippen molar-refractivity contribution in [3.8, 4) is 0 Å². The highest BCUT2D eigenvalue weighted by atomic mass is 35.5. The van der Waals surface area contributed by atoms with Gasteiger partial charge < -0.3 is 4.74 Å². The first kappa shape index (κ1) is 13.9. The van der Waals surface area contributed by atoms with Crippen molar-refractivity contribution in [2.45, 2.75) is 20.4 Å². The zero-order chi connectivity index (χ0) is 12.7. The number of hydrogen-bond donors (Lipinski definition) is 0. The molecule has 1 heterocycles. The fraction of sp³-hybridized carbons (Fsp3) is 0.500. The summed E-state index contributed by atoms with van der Waals surface area (Å²) in [7, 11) is 0. The lowest BCUT2D eigenvalue weighted by atomic mass is 10.2. The van der Waals surface area contributed by atoms with Crippen LogP contribution in [0.2, 0.25) is 5.02 Å². The third-order valence-corrected chi connectivity index (χ3v) is 2.70. The predicted molar refractivity (Wildman–Crippen MR) is 66.8 cm³/mol. The number of likely N-dealkylation sites (N-methyl/N-ethyl adjacent to an activating group) is 1. The second-order valence-electron chi connectivity index (χ2n) is 3.58. The van der Waals surface area contributed by atoms with Gasteiger partial charge in [0.25, 0.3) is 0 Å². The first-order valence-electron chi connectivity index (χ1n) is 5.63. The van der Waals surface area contributed by atoms with Gasteiger partial charge in [0, 0.05) is 18.9 Å². The summed E-state index contributed by atoms with van der Waals surface area (Å²) in [6, 6.07) is 1.86. The number of carbonyl (C=O) groups excluding carboxylic acids is 1. The summed E-state index contributed by atoms with van der Waals surface area (Å²) < 4.78 is 4.92. The van der Waals surface area contributed by atoms with E-state index in [4.69, 9.17) is 16.3 Å². The van der Waals surface area contributed by atoms with Gasteiger partial charge in [0.2, 0.25) is 0 Å². The molecule has 4 nitrogen and oxygen atoms in total. The molecular weight excluding hydrogens is 240 g/mol. The van der Waals surface area contributed by atoms with E-state index in [1.807, 2.05) is 17.9 Å². The average molecular weight is 257 g/mol. The number of aromatic nitrogens is 1. The molecule has 0 amide bonds. The van der Waals surface area contributed by atoms with Crippen LogP contribution < -0.4 is 0 Å². The van der Waals surface area contributed by atoms with Gasteiger partial charge in [-0.25, -0.2) is 0 Å². The van der Waals surface area contributed by atoms with E-state index in [-0.39, 0.29) is 12.5 Å². The minimum atomic E-state index is -0.209. The second kappa shape index (κ2) is 7.25. The fourth-order valence-corrected chi connectivity index (χ4v) is 1.62. The number of nitrogens with zero attached hydrogens (tertiary/aromatic N) is 2. The van der Waals surface area contributed by atoms with Crippen LogP contribution in [0, 0.1) is 0 Å². The Morgan fingerprint density at radius 2 is 2.29 bits per heavy atom. The van der Waals surface area contributed by atoms with E-state index in [1.54, 1.807) is 19.3 Å². The quantitative estimate of drug-likeness (QED) is 0.732. The van der Waals surface area contributed by atoms with Gasteiger partial charge in [-0.2, -0.15) is 0 Å². The third-order valence-electron chi connectivity index (χ3n) is 2.36. The molecule has 0 unspecified atom stereocenters. The van der Waals surface area contributed by atoms with Crippen LogP contribution in [0.25, 0.3) is 0 Å². The van der Waals surface area contributed by atoms with Crippen molar-refractivity contribution in [1.82, 2.24) is 9.88 Å². The van der Waals surface area contributed by atoms with Crippen LogP contribution in [-0.2, 0) is 16.1 Å². The molecule has 0 saturated carbocycles. The summed E-state index contributed by atoms with van der Waals surface area (Å²) in [4.78, 5) is 17.3. The molecule has 0 aliphatic carbocycles. The van der Waals surface area contributed by atoms with E-state index in [0.29, 0.717) is 18.2 Å². The molecule has 0 fully saturated rings. The van der Waals surface area contributed by atoms with Crippen LogP contribution in [0.3, 0.4) is 0 Å². The molecule has 0 N–H and O–H groups in total. The van der Waals surface area contributed by atoms with Gasteiger partial charge in [-0.3, -0.25) is 14.7 Å². The highest BCUT2D eigenvalue weighted by Crippen LogP contribution is 2.15. The number of rotatable bonds is 6. The van der Waals surface area contributed by atoms with Crippen LogP contribution in [-0.4, -0.2) is 35.5 Å². The van der Waals surface area contributed by atoms with Crippen molar-refractivity contribution in [1.29, 1.82) is 0 Å². The fourth-order valence-electron chi connectivity index (χ4n) is 1.44. The molecule has 1 rings (SSSR count). The molecule has 1 aromatic rings. The van der Waals surface area contributed by atoms with Crippen molar-refractivity contribution in [2.24, 2.45) is 0 Å². The molecule has 94 valence electrons. The minimum Gasteiger partial charge on any atom is -0.465 e. The lowest BCUT2D eigenvalue weighted by Gasteiger charge is -2.19. The van der Waals surface area contributed by atoms with Crippen molar-refractivity contribution in [2.75, 3.05) is 19.7 Å². The highest BCUT2D eigenvalue weighted by molar-refractivity contribution is 6.31. The molecule has 0 spiro atoms. The molecule has 0 atom stereocenters. The molecule has 0 aliphatic heterocycles. The number of esters is 1. The van der Waals surface area contributed by atoms with E-state index in [0.717, 1.165) is 12.1 Å². The first-order chi connectivity index (χ1) is 8.17. The Bertz CT molecular complexity index is 371. The van der Waals surface area contributed by atoms with Crippen molar-refractivity contribution >= 4 is 17.6 Å². The van der Waals surface area contributed by atoms with E-state index < -0.39 is 0 Å². The van der Waals surface area contributed by atoms with Crippen LogP contribution in [0.5, 0.6) is 0 Å². The maximum absolute atomic E-state index is 11.4. The van der Waals surface area contributed by atoms with E-state index >= 15 is 0 Å². The molecule has 17 heavy (non-hydrogen) atoms. The van der Waals surface area contributed by atoms with E-state index in [1.165, 1.54) is 0 Å². The molecule has 0 saturated heterocycles. The molecule has 1 aromatic heterocycles. The Labute approximate surface area is 107 Å². The van der Waals surface area contributed by atoms with Crippen molar-refractivity contribution < 1.29 is 9.53 Å². The van der Waals surface area contributed by atoms with Gasteiger partial charge in [0.1, 0.15) is 0 Å². The van der Waals surface area contributed by atoms with Crippen molar-refractivity contribution in [3.05, 3.63) is 29.0 Å². The summed E-state index contributed by atoms with van der Waals surface area (Å²) >= 11 is 6.02. The lowest BCUT2D eigenvalue weighted by Crippen LogP contribution is -2.30. The Morgan fingerprint density at radius 1 is 1.53 bits per heavy atom. The summed E-state index contributed by atoms with van der Waals surface area (Å²) in [6.07, 6.45) is 3.30. The summed E-state index contributed by atoms with van der Waals surface area (Å²) in [5.41, 5.74) is 0.966. The molecular formula is C12H17ClN2O2. The summed E-state index contributed by atoms with van der Waals surface area (Å²) in [6.45, 7) is 5.87. The normalized spacial score (nSPS) is 10.6. The molecule has 0 aliphatic rings. The highest BCUT2D eigenvalue weighted by Gasteiger charge is 2.11. The van der Waals surface area contributed by atoms with Crippen LogP contribution in [0.15, 0.2) is 18.5 Å². The predicted octanol–water partition coefficient (Wildman–Crippen LogP) is 2.12. The van der Waals surface area contributed by atoms with Crippen LogP contribution >= 0.6 is 11.6 Å². The number of pyridine rings is 1. The Balaban J connectivity index is 2.58. The van der Waals surface area contributed by atoms with Crippen molar-refractivity contribution in [3.63, 3.8) is 0 Å². The standard InChI is InChI=1S/C12H17ClN2O2/c1-3-15(9-12(16)17-4-2)8-10-5-6-14-7-11(10)13/h5-7H,3-4,8-9H2,1-2H3. The van der Waals surface area contributed by atoms with Gasteiger partial charge in [0.15, 0.2) is 0 Å². The Hall–Kier alpha value is -1.13. The monoisotopic (exact) mass is 256 g/mol. The van der Waals surface area contributed by atoms with E-state index in [9.17, 15) is 4.79 Å². The second-order valence-corrected chi connectivity index (χ2v) is 3.98. The molecule has 0 bridgehead atoms. The number of hydrogen-bond acceptors (Lipinski definition) is 4. The van der Waals surface area contributed by atoms with Gasteiger partial charge in [-0.05, 0) is 25.1 Å². The largest absolute Gasteiger partial charge is 0.465 e. The number of halogens is 1. The maximum atomic E-state index is 11.4. The van der Waals surface area contributed by atoms with Crippen LogP contribution in [0.1, 0.15) is 19.4 Å². The van der Waals surface area contributed by atoms with Gasteiger partial charge in [-0.15, -0.1) is 0 Å². The SMILES string of the molecule is CCOC(=O)CN(CC)Cc1ccncc1Cl. The van der Waals surface area contributed by atoms with E-state index in [2.05, 4.69) is 4.98 Å². The zero-order valence-electron chi connectivity index (χ0n) is 10.1. The van der Waals surface area contributed by atoms with Gasteiger partial charge >= 0.3 is 5.97 Å². The smallest absolute Gasteiger partial charge is 0.320 e. The number of ether oxygens (including phenoxy) is 1. The third kappa shape index (κ3) is 4.71. The first-order valence-corrected chi connectivity index (χ1v) is 6.01. The summed E-state index contributed by atoms with van der Waals surface area (Å²) in [5, 5.41) is 0.620. The maximum Gasteiger partial charge on any atom is 0.320 e. The van der Waals surface area contributed by atoms with Gasteiger partial charge in [0.05, 0.1) is 18.2 Å².